The molecule has 6 heteroatoms. The van der Waals surface area contributed by atoms with Crippen LogP contribution in [0.3, 0.4) is 0 Å². The van der Waals surface area contributed by atoms with Crippen molar-refractivity contribution in [2.75, 3.05) is 33.4 Å². The second-order valence-electron chi connectivity index (χ2n) is 8.89. The SMILES string of the molecule is COCCOc1ccc2c(C#N)c(-c3ccc(C(=O)N4CCCC4)cc3)n(C3CCC3)c2c1. The second kappa shape index (κ2) is 9.29. The first-order valence-electron chi connectivity index (χ1n) is 11.8. The molecule has 0 atom stereocenters. The van der Waals surface area contributed by atoms with Crippen molar-refractivity contribution in [3.63, 3.8) is 0 Å². The van der Waals surface area contributed by atoms with Gasteiger partial charge in [0.15, 0.2) is 0 Å². The summed E-state index contributed by atoms with van der Waals surface area (Å²) in [5, 5.41) is 11.1. The third-order valence-corrected chi connectivity index (χ3v) is 6.88. The van der Waals surface area contributed by atoms with Crippen LogP contribution in [0.2, 0.25) is 0 Å². The zero-order valence-corrected chi connectivity index (χ0v) is 19.0. The van der Waals surface area contributed by atoms with Crippen LogP contribution in [0, 0.1) is 11.3 Å². The van der Waals surface area contributed by atoms with Gasteiger partial charge in [0.2, 0.25) is 0 Å². The highest BCUT2D eigenvalue weighted by atomic mass is 16.5. The maximum atomic E-state index is 12.8. The monoisotopic (exact) mass is 443 g/mol. The summed E-state index contributed by atoms with van der Waals surface area (Å²) in [7, 11) is 1.66. The number of carbonyl (C=O) groups is 1. The largest absolute Gasteiger partial charge is 0.491 e. The Morgan fingerprint density at radius 3 is 2.45 bits per heavy atom. The molecule has 170 valence electrons. The summed E-state index contributed by atoms with van der Waals surface area (Å²) in [5.74, 6) is 0.872. The molecule has 6 nitrogen and oxygen atoms in total. The van der Waals surface area contributed by atoms with E-state index in [0.717, 1.165) is 66.7 Å². The number of amides is 1. The van der Waals surface area contributed by atoms with Crippen molar-refractivity contribution in [1.82, 2.24) is 9.47 Å². The molecule has 2 aliphatic rings. The van der Waals surface area contributed by atoms with Gasteiger partial charge in [0.1, 0.15) is 18.4 Å². The van der Waals surface area contributed by atoms with Gasteiger partial charge >= 0.3 is 0 Å². The minimum Gasteiger partial charge on any atom is -0.491 e. The number of nitrogens with zero attached hydrogens (tertiary/aromatic N) is 3. The molecule has 2 fully saturated rings. The number of fused-ring (bicyclic) bond motifs is 1. The van der Waals surface area contributed by atoms with Crippen molar-refractivity contribution in [3.8, 4) is 23.1 Å². The summed E-state index contributed by atoms with van der Waals surface area (Å²) in [4.78, 5) is 14.7. The highest BCUT2D eigenvalue weighted by molar-refractivity contribution is 5.97. The lowest BCUT2D eigenvalue weighted by Gasteiger charge is -2.30. The van der Waals surface area contributed by atoms with Crippen LogP contribution in [0.5, 0.6) is 5.75 Å². The number of benzene rings is 2. The Morgan fingerprint density at radius 2 is 1.82 bits per heavy atom. The molecule has 1 amide bonds. The average Bonchev–Trinajstić information content (AvgIpc) is 3.45. The highest BCUT2D eigenvalue weighted by Crippen LogP contribution is 2.43. The number of carbonyl (C=O) groups excluding carboxylic acids is 1. The van der Waals surface area contributed by atoms with E-state index in [4.69, 9.17) is 9.47 Å². The van der Waals surface area contributed by atoms with Gasteiger partial charge in [-0.15, -0.1) is 0 Å². The molecule has 1 saturated heterocycles. The molecule has 3 aromatic rings. The van der Waals surface area contributed by atoms with Gasteiger partial charge in [-0.2, -0.15) is 5.26 Å². The summed E-state index contributed by atoms with van der Waals surface area (Å²) in [6.07, 6.45) is 5.55. The lowest BCUT2D eigenvalue weighted by atomic mass is 9.92. The molecule has 0 N–H and O–H groups in total. The molecular formula is C27H29N3O3. The fourth-order valence-electron chi connectivity index (χ4n) is 4.92. The van der Waals surface area contributed by atoms with Crippen molar-refractivity contribution in [2.24, 2.45) is 0 Å². The Labute approximate surface area is 194 Å². The minimum atomic E-state index is 0.0944. The van der Waals surface area contributed by atoms with Gasteiger partial charge in [-0.1, -0.05) is 12.1 Å². The van der Waals surface area contributed by atoms with E-state index < -0.39 is 0 Å². The number of aromatic nitrogens is 1. The number of hydrogen-bond acceptors (Lipinski definition) is 4. The van der Waals surface area contributed by atoms with Gasteiger partial charge in [0, 0.05) is 43.3 Å². The number of hydrogen-bond donors (Lipinski definition) is 0. The summed E-state index contributed by atoms with van der Waals surface area (Å²) in [5.41, 5.74) is 4.32. The Hall–Kier alpha value is -3.30. The van der Waals surface area contributed by atoms with Gasteiger partial charge in [-0.25, -0.2) is 0 Å². The fourth-order valence-corrected chi connectivity index (χ4v) is 4.92. The summed E-state index contributed by atoms with van der Waals surface area (Å²) >= 11 is 0. The molecule has 0 bridgehead atoms. The lowest BCUT2D eigenvalue weighted by molar-refractivity contribution is 0.0793. The van der Waals surface area contributed by atoms with Crippen molar-refractivity contribution in [3.05, 3.63) is 53.6 Å². The number of methoxy groups -OCH3 is 1. The van der Waals surface area contributed by atoms with Crippen LogP contribution in [-0.4, -0.2) is 48.8 Å². The number of ether oxygens (including phenoxy) is 2. The lowest BCUT2D eigenvalue weighted by Crippen LogP contribution is -2.27. The third-order valence-electron chi connectivity index (χ3n) is 6.88. The minimum absolute atomic E-state index is 0.0944. The summed E-state index contributed by atoms with van der Waals surface area (Å²) in [6, 6.07) is 16.6. The first-order valence-corrected chi connectivity index (χ1v) is 11.8. The Balaban J connectivity index is 1.56. The zero-order valence-electron chi connectivity index (χ0n) is 19.0. The quantitative estimate of drug-likeness (QED) is 0.473. The molecular weight excluding hydrogens is 414 g/mol. The Kier molecular flexibility index (Phi) is 6.06. The third kappa shape index (κ3) is 3.98. The molecule has 2 aromatic carbocycles. The van der Waals surface area contributed by atoms with E-state index in [-0.39, 0.29) is 5.91 Å². The molecule has 5 rings (SSSR count). The van der Waals surface area contributed by atoms with Gasteiger partial charge in [-0.3, -0.25) is 4.79 Å². The van der Waals surface area contributed by atoms with E-state index in [0.29, 0.717) is 30.4 Å². The summed E-state index contributed by atoms with van der Waals surface area (Å²) < 4.78 is 13.3. The Morgan fingerprint density at radius 1 is 1.06 bits per heavy atom. The predicted molar refractivity (Wildman–Crippen MR) is 127 cm³/mol. The first-order chi connectivity index (χ1) is 16.2. The van der Waals surface area contributed by atoms with Gasteiger partial charge < -0.3 is 18.9 Å². The maximum Gasteiger partial charge on any atom is 0.253 e. The molecule has 0 spiro atoms. The summed E-state index contributed by atoms with van der Waals surface area (Å²) in [6.45, 7) is 2.68. The van der Waals surface area contributed by atoms with E-state index >= 15 is 0 Å². The molecule has 33 heavy (non-hydrogen) atoms. The van der Waals surface area contributed by atoms with Gasteiger partial charge in [0.25, 0.3) is 5.91 Å². The van der Waals surface area contributed by atoms with Crippen LogP contribution in [0.1, 0.15) is 54.1 Å². The topological polar surface area (TPSA) is 67.5 Å². The highest BCUT2D eigenvalue weighted by Gasteiger charge is 2.28. The van der Waals surface area contributed by atoms with Crippen LogP contribution in [-0.2, 0) is 4.74 Å². The molecule has 2 heterocycles. The standard InChI is InChI=1S/C27H29N3O3/c1-32-15-16-33-22-11-12-23-24(18-28)26(30(25(23)17-22)21-5-4-6-21)19-7-9-20(10-8-19)27(31)29-13-2-3-14-29/h7-12,17,21H,2-6,13-16H2,1H3. The van der Waals surface area contributed by atoms with Crippen LogP contribution in [0.4, 0.5) is 0 Å². The predicted octanol–water partition coefficient (Wildman–Crippen LogP) is 5.17. The second-order valence-corrected chi connectivity index (χ2v) is 8.89. The van der Waals surface area contributed by atoms with Crippen molar-refractivity contribution < 1.29 is 14.3 Å². The Bertz CT molecular complexity index is 1200. The molecule has 1 aliphatic carbocycles. The van der Waals surface area contributed by atoms with Crippen LogP contribution in [0.15, 0.2) is 42.5 Å². The molecule has 0 radical (unpaired) electrons. The van der Waals surface area contributed by atoms with E-state index in [2.05, 4.69) is 10.6 Å². The van der Waals surface area contributed by atoms with E-state index in [9.17, 15) is 10.1 Å². The molecule has 1 saturated carbocycles. The van der Waals surface area contributed by atoms with Crippen molar-refractivity contribution >= 4 is 16.8 Å². The number of rotatable bonds is 7. The number of nitriles is 1. The fraction of sp³-hybridized carbons (Fsp3) is 0.407. The first kappa shape index (κ1) is 21.5. The van der Waals surface area contributed by atoms with Crippen LogP contribution in [0.25, 0.3) is 22.2 Å². The van der Waals surface area contributed by atoms with E-state index in [1.165, 1.54) is 6.42 Å². The normalized spacial score (nSPS) is 16.1. The zero-order chi connectivity index (χ0) is 22.8. The van der Waals surface area contributed by atoms with Crippen molar-refractivity contribution in [1.29, 1.82) is 5.26 Å². The molecule has 0 unspecified atom stereocenters. The van der Waals surface area contributed by atoms with E-state index in [1.807, 2.05) is 47.4 Å². The van der Waals surface area contributed by atoms with Gasteiger partial charge in [0.05, 0.1) is 23.4 Å². The maximum absolute atomic E-state index is 12.8. The molecule has 1 aromatic heterocycles. The smallest absolute Gasteiger partial charge is 0.253 e. The van der Waals surface area contributed by atoms with E-state index in [1.54, 1.807) is 7.11 Å². The average molecular weight is 444 g/mol. The van der Waals surface area contributed by atoms with Crippen LogP contribution >= 0.6 is 0 Å². The van der Waals surface area contributed by atoms with Crippen LogP contribution < -0.4 is 4.74 Å². The number of likely N-dealkylation sites (tertiary alicyclic amines) is 1. The van der Waals surface area contributed by atoms with Crippen molar-refractivity contribution in [2.45, 2.75) is 38.1 Å². The van der Waals surface area contributed by atoms with Gasteiger partial charge in [-0.05, 0) is 61.9 Å². The molecule has 1 aliphatic heterocycles.